The third kappa shape index (κ3) is 4.12. The maximum Gasteiger partial charge on any atom is 0.295 e. The predicted molar refractivity (Wildman–Crippen MR) is 111 cm³/mol. The van der Waals surface area contributed by atoms with Gasteiger partial charge in [-0.1, -0.05) is 37.4 Å². The summed E-state index contributed by atoms with van der Waals surface area (Å²) in [6.45, 7) is 2.47. The van der Waals surface area contributed by atoms with E-state index in [0.29, 0.717) is 23.0 Å². The van der Waals surface area contributed by atoms with Gasteiger partial charge in [0, 0.05) is 17.8 Å². The molecule has 2 heterocycles. The van der Waals surface area contributed by atoms with E-state index >= 15 is 0 Å². The highest BCUT2D eigenvalue weighted by molar-refractivity contribution is 6.46. The highest BCUT2D eigenvalue weighted by Crippen LogP contribution is 2.40. The van der Waals surface area contributed by atoms with Gasteiger partial charge >= 0.3 is 0 Å². The first-order chi connectivity index (χ1) is 14.0. The lowest BCUT2D eigenvalue weighted by Crippen LogP contribution is -2.31. The molecule has 0 spiro atoms. The highest BCUT2D eigenvalue weighted by Gasteiger charge is 2.46. The number of aromatic nitrogens is 1. The van der Waals surface area contributed by atoms with Crippen molar-refractivity contribution in [3.63, 3.8) is 0 Å². The SMILES string of the molecule is CCCCCN1C(=O)C(=O)/C(=C(/O)c2cc(Cl)ccc2OC)C1c1ccccn1. The Morgan fingerprint density at radius 2 is 2.03 bits per heavy atom. The van der Waals surface area contributed by atoms with Crippen LogP contribution in [0.15, 0.2) is 48.2 Å². The van der Waals surface area contributed by atoms with E-state index < -0.39 is 17.7 Å². The molecule has 1 aliphatic rings. The minimum absolute atomic E-state index is 0.00855. The molecule has 7 heteroatoms. The van der Waals surface area contributed by atoms with E-state index in [2.05, 4.69) is 11.9 Å². The Morgan fingerprint density at radius 3 is 2.69 bits per heavy atom. The molecule has 1 aromatic heterocycles. The number of pyridine rings is 1. The zero-order chi connectivity index (χ0) is 21.0. The summed E-state index contributed by atoms with van der Waals surface area (Å²) in [6, 6.07) is 9.25. The number of aliphatic hydroxyl groups excluding tert-OH is 1. The maximum absolute atomic E-state index is 12.9. The number of halogens is 1. The fourth-order valence-electron chi connectivity index (χ4n) is 3.50. The van der Waals surface area contributed by atoms with E-state index in [1.165, 1.54) is 18.1 Å². The van der Waals surface area contributed by atoms with Crippen LogP contribution in [0.1, 0.15) is 43.5 Å². The van der Waals surface area contributed by atoms with Crippen LogP contribution < -0.4 is 4.74 Å². The van der Waals surface area contributed by atoms with Gasteiger partial charge in [0.1, 0.15) is 17.6 Å². The molecule has 0 saturated carbocycles. The Labute approximate surface area is 174 Å². The van der Waals surface area contributed by atoms with Crippen LogP contribution in [0.4, 0.5) is 0 Å². The lowest BCUT2D eigenvalue weighted by molar-refractivity contribution is -0.140. The van der Waals surface area contributed by atoms with E-state index in [1.807, 2.05) is 0 Å². The Kier molecular flexibility index (Phi) is 6.54. The van der Waals surface area contributed by atoms with Crippen molar-refractivity contribution < 1.29 is 19.4 Å². The summed E-state index contributed by atoms with van der Waals surface area (Å²) < 4.78 is 5.31. The van der Waals surface area contributed by atoms with Crippen LogP contribution in [0.5, 0.6) is 5.75 Å². The fourth-order valence-corrected chi connectivity index (χ4v) is 3.67. The van der Waals surface area contributed by atoms with Crippen molar-refractivity contribution in [3.05, 3.63) is 64.4 Å². The molecule has 1 amide bonds. The third-order valence-electron chi connectivity index (χ3n) is 4.93. The average molecular weight is 415 g/mol. The summed E-state index contributed by atoms with van der Waals surface area (Å²) in [5.74, 6) is -1.35. The third-order valence-corrected chi connectivity index (χ3v) is 5.16. The molecule has 1 aliphatic heterocycles. The van der Waals surface area contributed by atoms with Crippen LogP contribution >= 0.6 is 11.6 Å². The lowest BCUT2D eigenvalue weighted by Gasteiger charge is -2.24. The van der Waals surface area contributed by atoms with Crippen LogP contribution in [-0.4, -0.2) is 40.3 Å². The number of amides is 1. The first-order valence-corrected chi connectivity index (χ1v) is 9.90. The minimum atomic E-state index is -0.767. The molecule has 1 N–H and O–H groups in total. The van der Waals surface area contributed by atoms with Crippen LogP contribution in [0.3, 0.4) is 0 Å². The van der Waals surface area contributed by atoms with Gasteiger partial charge in [0.15, 0.2) is 0 Å². The van der Waals surface area contributed by atoms with Gasteiger partial charge in [0.05, 0.1) is 23.9 Å². The number of carbonyl (C=O) groups excluding carboxylic acids is 2. The second-order valence-corrected chi connectivity index (χ2v) is 7.24. The fraction of sp³-hybridized carbons (Fsp3) is 0.318. The molecule has 152 valence electrons. The molecule has 1 fully saturated rings. The van der Waals surface area contributed by atoms with Gasteiger partial charge in [-0.3, -0.25) is 14.6 Å². The number of ketones is 1. The molecular formula is C22H23ClN2O4. The number of likely N-dealkylation sites (tertiary alicyclic amines) is 1. The first kappa shape index (κ1) is 20.9. The summed E-state index contributed by atoms with van der Waals surface area (Å²) in [5.41, 5.74) is 0.768. The molecule has 2 aromatic rings. The number of nitrogens with zero attached hydrogens (tertiary/aromatic N) is 2. The number of Topliss-reactive ketones (excluding diaryl/α,β-unsaturated/α-hetero) is 1. The standard InChI is InChI=1S/C22H23ClN2O4/c1-3-4-7-12-25-19(16-8-5-6-11-24-16)18(21(27)22(25)28)20(26)15-13-14(23)9-10-17(15)29-2/h5-6,8-11,13,19,26H,3-4,7,12H2,1-2H3/b20-18+. The van der Waals surface area contributed by atoms with E-state index in [9.17, 15) is 14.7 Å². The second kappa shape index (κ2) is 9.09. The Morgan fingerprint density at radius 1 is 1.24 bits per heavy atom. The number of hydrogen-bond acceptors (Lipinski definition) is 5. The van der Waals surface area contributed by atoms with Gasteiger partial charge in [-0.2, -0.15) is 0 Å². The van der Waals surface area contributed by atoms with Crippen molar-refractivity contribution in [2.45, 2.75) is 32.2 Å². The number of methoxy groups -OCH3 is 1. The second-order valence-electron chi connectivity index (χ2n) is 6.80. The van der Waals surface area contributed by atoms with Crippen LogP contribution in [-0.2, 0) is 9.59 Å². The van der Waals surface area contributed by atoms with Gasteiger partial charge in [-0.05, 0) is 36.8 Å². The maximum atomic E-state index is 12.9. The molecule has 6 nitrogen and oxygen atoms in total. The number of benzene rings is 1. The minimum Gasteiger partial charge on any atom is -0.507 e. The van der Waals surface area contributed by atoms with E-state index in [4.69, 9.17) is 16.3 Å². The number of hydrogen-bond donors (Lipinski definition) is 1. The molecule has 3 rings (SSSR count). The highest BCUT2D eigenvalue weighted by atomic mass is 35.5. The monoisotopic (exact) mass is 414 g/mol. The van der Waals surface area contributed by atoms with Crippen molar-refractivity contribution >= 4 is 29.1 Å². The molecule has 1 atom stereocenters. The Balaban J connectivity index is 2.16. The van der Waals surface area contributed by atoms with Crippen molar-refractivity contribution in [3.8, 4) is 5.75 Å². The lowest BCUT2D eigenvalue weighted by atomic mass is 9.97. The van der Waals surface area contributed by atoms with Crippen molar-refractivity contribution in [1.82, 2.24) is 9.88 Å². The Hall–Kier alpha value is -2.86. The average Bonchev–Trinajstić information content (AvgIpc) is 2.99. The van der Waals surface area contributed by atoms with E-state index in [1.54, 1.807) is 36.5 Å². The van der Waals surface area contributed by atoms with Gasteiger partial charge in [-0.25, -0.2) is 0 Å². The summed E-state index contributed by atoms with van der Waals surface area (Å²) in [4.78, 5) is 31.6. The molecule has 1 unspecified atom stereocenters. The van der Waals surface area contributed by atoms with Crippen molar-refractivity contribution in [2.75, 3.05) is 13.7 Å². The normalized spacial score (nSPS) is 18.3. The first-order valence-electron chi connectivity index (χ1n) is 9.52. The zero-order valence-electron chi connectivity index (χ0n) is 16.4. The summed E-state index contributed by atoms with van der Waals surface area (Å²) in [5, 5.41) is 11.5. The molecule has 0 aliphatic carbocycles. The van der Waals surface area contributed by atoms with Crippen LogP contribution in [0, 0.1) is 0 Å². The molecular weight excluding hydrogens is 392 g/mol. The Bertz CT molecular complexity index is 943. The van der Waals surface area contributed by atoms with Gasteiger partial charge < -0.3 is 14.7 Å². The van der Waals surface area contributed by atoms with E-state index in [-0.39, 0.29) is 16.9 Å². The van der Waals surface area contributed by atoms with Gasteiger partial charge in [-0.15, -0.1) is 0 Å². The van der Waals surface area contributed by atoms with Gasteiger partial charge in [0.25, 0.3) is 11.7 Å². The number of aliphatic hydroxyl groups is 1. The molecule has 1 saturated heterocycles. The smallest absolute Gasteiger partial charge is 0.295 e. The number of rotatable bonds is 7. The van der Waals surface area contributed by atoms with Crippen molar-refractivity contribution in [2.24, 2.45) is 0 Å². The van der Waals surface area contributed by atoms with Crippen LogP contribution in [0.25, 0.3) is 5.76 Å². The number of unbranched alkanes of at least 4 members (excludes halogenated alkanes) is 2. The molecule has 0 radical (unpaired) electrons. The van der Waals surface area contributed by atoms with Crippen molar-refractivity contribution in [1.29, 1.82) is 0 Å². The zero-order valence-corrected chi connectivity index (χ0v) is 17.1. The number of carbonyl (C=O) groups is 2. The summed E-state index contributed by atoms with van der Waals surface area (Å²) >= 11 is 6.09. The van der Waals surface area contributed by atoms with Gasteiger partial charge in [0.2, 0.25) is 0 Å². The molecule has 1 aromatic carbocycles. The molecule has 0 bridgehead atoms. The summed E-state index contributed by atoms with van der Waals surface area (Å²) in [7, 11) is 1.46. The quantitative estimate of drug-likeness (QED) is 0.315. The van der Waals surface area contributed by atoms with E-state index in [0.717, 1.165) is 19.3 Å². The number of ether oxygens (including phenoxy) is 1. The molecule has 29 heavy (non-hydrogen) atoms. The topological polar surface area (TPSA) is 79.7 Å². The predicted octanol–water partition coefficient (Wildman–Crippen LogP) is 4.36. The van der Waals surface area contributed by atoms with Crippen LogP contribution in [0.2, 0.25) is 5.02 Å². The summed E-state index contributed by atoms with van der Waals surface area (Å²) in [6.07, 6.45) is 4.27. The largest absolute Gasteiger partial charge is 0.507 e.